The maximum absolute atomic E-state index is 12.7. The summed E-state index contributed by atoms with van der Waals surface area (Å²) in [5.74, 6) is -1.77. The zero-order valence-corrected chi connectivity index (χ0v) is 11.6. The van der Waals surface area contributed by atoms with Crippen LogP contribution in [0.2, 0.25) is 0 Å². The van der Waals surface area contributed by atoms with Crippen LogP contribution in [0.5, 0.6) is 0 Å². The van der Waals surface area contributed by atoms with Crippen molar-refractivity contribution in [1.82, 2.24) is 10.6 Å². The molecule has 6 nitrogen and oxygen atoms in total. The van der Waals surface area contributed by atoms with E-state index in [1.807, 2.05) is 0 Å². The molecule has 3 N–H and O–H groups in total. The smallest absolute Gasteiger partial charge is 0.309 e. The van der Waals surface area contributed by atoms with Gasteiger partial charge < -0.3 is 20.2 Å². The van der Waals surface area contributed by atoms with Gasteiger partial charge >= 0.3 is 11.8 Å². The molecular formula is C15H15FN2O4. The van der Waals surface area contributed by atoms with Crippen molar-refractivity contribution < 1.29 is 23.5 Å². The van der Waals surface area contributed by atoms with Crippen molar-refractivity contribution in [3.05, 3.63) is 59.8 Å². The number of amides is 2. The standard InChI is InChI=1S/C15H15FN2O4/c16-11-5-3-10(4-6-11)8-17-14(20)15(21)18-12(9-19)13-2-1-7-22-13/h1-7,12,19H,8-9H2,(H,17,20)(H,18,21). The highest BCUT2D eigenvalue weighted by Crippen LogP contribution is 2.12. The Morgan fingerprint density at radius 1 is 1.18 bits per heavy atom. The SMILES string of the molecule is O=C(NCc1ccc(F)cc1)C(=O)NC(CO)c1ccco1. The Morgan fingerprint density at radius 2 is 1.91 bits per heavy atom. The Hall–Kier alpha value is -2.67. The molecule has 1 heterocycles. The Balaban J connectivity index is 1.86. The van der Waals surface area contributed by atoms with Crippen molar-refractivity contribution in [2.24, 2.45) is 0 Å². The Bertz CT molecular complexity index is 626. The molecule has 0 spiro atoms. The minimum Gasteiger partial charge on any atom is -0.467 e. The van der Waals surface area contributed by atoms with Crippen LogP contribution in [0.4, 0.5) is 4.39 Å². The van der Waals surface area contributed by atoms with Gasteiger partial charge in [-0.05, 0) is 29.8 Å². The highest BCUT2D eigenvalue weighted by Gasteiger charge is 2.20. The molecule has 0 fully saturated rings. The lowest BCUT2D eigenvalue weighted by Crippen LogP contribution is -2.42. The van der Waals surface area contributed by atoms with E-state index in [9.17, 15) is 19.1 Å². The third-order valence-corrected chi connectivity index (χ3v) is 2.95. The molecule has 0 saturated carbocycles. The third-order valence-electron chi connectivity index (χ3n) is 2.95. The number of carbonyl (C=O) groups excluding carboxylic acids is 2. The van der Waals surface area contributed by atoms with Crippen molar-refractivity contribution >= 4 is 11.8 Å². The van der Waals surface area contributed by atoms with Crippen molar-refractivity contribution in [2.75, 3.05) is 6.61 Å². The average molecular weight is 306 g/mol. The van der Waals surface area contributed by atoms with E-state index < -0.39 is 24.5 Å². The number of carbonyl (C=O) groups is 2. The molecule has 22 heavy (non-hydrogen) atoms. The topological polar surface area (TPSA) is 91.6 Å². The highest BCUT2D eigenvalue weighted by molar-refractivity contribution is 6.35. The second-order valence-electron chi connectivity index (χ2n) is 4.53. The second kappa shape index (κ2) is 7.37. The fourth-order valence-electron chi connectivity index (χ4n) is 1.78. The van der Waals surface area contributed by atoms with Crippen LogP contribution >= 0.6 is 0 Å². The summed E-state index contributed by atoms with van der Waals surface area (Å²) in [7, 11) is 0. The molecule has 1 atom stereocenters. The van der Waals surface area contributed by atoms with Gasteiger partial charge in [-0.2, -0.15) is 0 Å². The fraction of sp³-hybridized carbons (Fsp3) is 0.200. The lowest BCUT2D eigenvalue weighted by atomic mass is 10.2. The predicted molar refractivity (Wildman–Crippen MR) is 74.9 cm³/mol. The van der Waals surface area contributed by atoms with Crippen molar-refractivity contribution in [2.45, 2.75) is 12.6 Å². The summed E-state index contributed by atoms with van der Waals surface area (Å²) >= 11 is 0. The highest BCUT2D eigenvalue weighted by atomic mass is 19.1. The van der Waals surface area contributed by atoms with E-state index in [1.165, 1.54) is 30.5 Å². The van der Waals surface area contributed by atoms with E-state index >= 15 is 0 Å². The lowest BCUT2D eigenvalue weighted by Gasteiger charge is -2.13. The molecule has 1 aromatic carbocycles. The van der Waals surface area contributed by atoms with E-state index in [0.29, 0.717) is 11.3 Å². The number of rotatable bonds is 5. The molecule has 0 aliphatic heterocycles. The number of nitrogens with one attached hydrogen (secondary N) is 2. The molecule has 1 unspecified atom stereocenters. The van der Waals surface area contributed by atoms with Crippen molar-refractivity contribution in [3.63, 3.8) is 0 Å². The fourth-order valence-corrected chi connectivity index (χ4v) is 1.78. The van der Waals surface area contributed by atoms with E-state index in [0.717, 1.165) is 0 Å². The largest absolute Gasteiger partial charge is 0.467 e. The predicted octanol–water partition coefficient (Wildman–Crippen LogP) is 0.885. The van der Waals surface area contributed by atoms with E-state index in [1.54, 1.807) is 12.1 Å². The monoisotopic (exact) mass is 306 g/mol. The van der Waals surface area contributed by atoms with Gasteiger partial charge in [-0.1, -0.05) is 12.1 Å². The van der Waals surface area contributed by atoms with Crippen LogP contribution in [0.25, 0.3) is 0 Å². The number of hydrogen-bond donors (Lipinski definition) is 3. The molecule has 2 amide bonds. The molecule has 0 aliphatic rings. The van der Waals surface area contributed by atoms with Gasteiger partial charge in [0.1, 0.15) is 17.6 Å². The van der Waals surface area contributed by atoms with Crippen molar-refractivity contribution in [3.8, 4) is 0 Å². The Labute approximate surface area is 125 Å². The molecule has 2 rings (SSSR count). The summed E-state index contributed by atoms with van der Waals surface area (Å²) in [5, 5.41) is 14.0. The second-order valence-corrected chi connectivity index (χ2v) is 4.53. The maximum Gasteiger partial charge on any atom is 0.309 e. The number of furan rings is 1. The molecule has 7 heteroatoms. The molecule has 0 saturated heterocycles. The summed E-state index contributed by atoms with van der Waals surface area (Å²) < 4.78 is 17.8. The van der Waals surface area contributed by atoms with Crippen LogP contribution in [-0.4, -0.2) is 23.5 Å². The Morgan fingerprint density at radius 3 is 2.50 bits per heavy atom. The van der Waals surface area contributed by atoms with Gasteiger partial charge in [0.25, 0.3) is 0 Å². The van der Waals surface area contributed by atoms with Crippen LogP contribution in [0.15, 0.2) is 47.1 Å². The summed E-state index contributed by atoms with van der Waals surface area (Å²) in [6.07, 6.45) is 1.40. The van der Waals surface area contributed by atoms with E-state index in [4.69, 9.17) is 4.42 Å². The third kappa shape index (κ3) is 4.16. The molecule has 116 valence electrons. The average Bonchev–Trinajstić information content (AvgIpc) is 3.05. The van der Waals surface area contributed by atoms with E-state index in [2.05, 4.69) is 10.6 Å². The number of aliphatic hydroxyl groups is 1. The summed E-state index contributed by atoms with van der Waals surface area (Å²) in [4.78, 5) is 23.4. The van der Waals surface area contributed by atoms with Gasteiger partial charge in [0.2, 0.25) is 0 Å². The van der Waals surface area contributed by atoms with Crippen LogP contribution in [0, 0.1) is 5.82 Å². The number of aliphatic hydroxyl groups excluding tert-OH is 1. The van der Waals surface area contributed by atoms with Gasteiger partial charge in [-0.15, -0.1) is 0 Å². The van der Waals surface area contributed by atoms with Crippen LogP contribution in [-0.2, 0) is 16.1 Å². The minimum atomic E-state index is -0.891. The van der Waals surface area contributed by atoms with Gasteiger partial charge in [-0.25, -0.2) is 4.39 Å². The maximum atomic E-state index is 12.7. The lowest BCUT2D eigenvalue weighted by molar-refractivity contribution is -0.140. The first-order valence-corrected chi connectivity index (χ1v) is 6.57. The van der Waals surface area contributed by atoms with Crippen molar-refractivity contribution in [1.29, 1.82) is 0 Å². The molecule has 0 radical (unpaired) electrons. The first-order valence-electron chi connectivity index (χ1n) is 6.57. The van der Waals surface area contributed by atoms with Gasteiger partial charge in [0.05, 0.1) is 12.9 Å². The van der Waals surface area contributed by atoms with Crippen LogP contribution in [0.1, 0.15) is 17.4 Å². The minimum absolute atomic E-state index is 0.0943. The molecule has 2 aromatic rings. The first kappa shape index (κ1) is 15.7. The van der Waals surface area contributed by atoms with Crippen LogP contribution in [0.3, 0.4) is 0 Å². The molecular weight excluding hydrogens is 291 g/mol. The summed E-state index contributed by atoms with van der Waals surface area (Å²) in [6, 6.07) is 7.94. The number of halogens is 1. The molecule has 0 aliphatic carbocycles. The Kier molecular flexibility index (Phi) is 5.26. The number of hydrogen-bond acceptors (Lipinski definition) is 4. The molecule has 1 aromatic heterocycles. The van der Waals surface area contributed by atoms with Crippen LogP contribution < -0.4 is 10.6 Å². The first-order chi connectivity index (χ1) is 10.6. The quantitative estimate of drug-likeness (QED) is 0.715. The zero-order chi connectivity index (χ0) is 15.9. The number of benzene rings is 1. The summed E-state index contributed by atoms with van der Waals surface area (Å²) in [6.45, 7) is -0.304. The van der Waals surface area contributed by atoms with Gasteiger partial charge in [-0.3, -0.25) is 9.59 Å². The zero-order valence-electron chi connectivity index (χ0n) is 11.6. The normalized spacial score (nSPS) is 11.7. The van der Waals surface area contributed by atoms with Gasteiger partial charge in [0.15, 0.2) is 0 Å². The summed E-state index contributed by atoms with van der Waals surface area (Å²) in [5.41, 5.74) is 0.660. The van der Waals surface area contributed by atoms with E-state index in [-0.39, 0.29) is 12.4 Å². The van der Waals surface area contributed by atoms with Gasteiger partial charge in [0, 0.05) is 6.54 Å². The molecule has 0 bridgehead atoms.